The molecule has 2 amide bonds. The Bertz CT molecular complexity index is 383. The van der Waals surface area contributed by atoms with Crippen molar-refractivity contribution in [2.45, 2.75) is 50.8 Å². The molecule has 2 aliphatic rings. The maximum Gasteiger partial charge on any atom is 0.329 e. The number of urea groups is 1. The number of hydrogen-bond acceptors (Lipinski definition) is 3. The molecule has 2 atom stereocenters. The lowest BCUT2D eigenvalue weighted by molar-refractivity contribution is -0.147. The van der Waals surface area contributed by atoms with Gasteiger partial charge in [0.15, 0.2) is 0 Å². The number of morpholine rings is 1. The van der Waals surface area contributed by atoms with Crippen LogP contribution in [0.1, 0.15) is 33.1 Å². The highest BCUT2D eigenvalue weighted by Gasteiger charge is 2.43. The fraction of sp³-hybridized carbons (Fsp3) is 0.846. The van der Waals surface area contributed by atoms with Crippen LogP contribution in [0.3, 0.4) is 0 Å². The van der Waals surface area contributed by atoms with Crippen LogP contribution in [0.5, 0.6) is 0 Å². The molecule has 2 rings (SSSR count). The van der Waals surface area contributed by atoms with Crippen LogP contribution in [-0.2, 0) is 9.53 Å². The normalized spacial score (nSPS) is 27.0. The smallest absolute Gasteiger partial charge is 0.329 e. The summed E-state index contributed by atoms with van der Waals surface area (Å²) in [6, 6.07) is -0.110. The molecule has 1 saturated heterocycles. The zero-order chi connectivity index (χ0) is 14.2. The fourth-order valence-electron chi connectivity index (χ4n) is 2.74. The molecule has 0 spiro atoms. The van der Waals surface area contributed by atoms with Crippen molar-refractivity contribution in [2.24, 2.45) is 0 Å². The summed E-state index contributed by atoms with van der Waals surface area (Å²) in [6.07, 6.45) is 3.11. The van der Waals surface area contributed by atoms with E-state index in [1.165, 1.54) is 4.90 Å². The number of amides is 2. The molecule has 2 unspecified atom stereocenters. The van der Waals surface area contributed by atoms with Gasteiger partial charge in [-0.15, -0.1) is 0 Å². The average Bonchev–Trinajstić information content (AvgIpc) is 2.84. The minimum absolute atomic E-state index is 0.105. The number of likely N-dealkylation sites (N-methyl/N-ethyl adjacent to an activating group) is 1. The van der Waals surface area contributed by atoms with Crippen molar-refractivity contribution in [1.29, 1.82) is 0 Å². The number of ether oxygens (including phenoxy) is 1. The number of nitrogens with zero attached hydrogens (tertiary/aromatic N) is 2. The van der Waals surface area contributed by atoms with E-state index in [-0.39, 0.29) is 18.2 Å². The number of fused-ring (bicyclic) bond motifs is 1. The summed E-state index contributed by atoms with van der Waals surface area (Å²) in [7, 11) is 1.55. The number of aliphatic carboxylic acids is 1. The van der Waals surface area contributed by atoms with Gasteiger partial charge in [-0.1, -0.05) is 0 Å². The summed E-state index contributed by atoms with van der Waals surface area (Å²) < 4.78 is 5.67. The lowest BCUT2D eigenvalue weighted by Gasteiger charge is -2.42. The molecule has 0 bridgehead atoms. The largest absolute Gasteiger partial charge is 0.480 e. The third-order valence-corrected chi connectivity index (χ3v) is 4.38. The Morgan fingerprint density at radius 2 is 2.05 bits per heavy atom. The second-order valence-corrected chi connectivity index (χ2v) is 5.81. The minimum Gasteiger partial charge on any atom is -0.480 e. The Labute approximate surface area is 113 Å². The minimum atomic E-state index is -1.20. The van der Waals surface area contributed by atoms with E-state index in [9.17, 15) is 14.7 Å². The summed E-state index contributed by atoms with van der Waals surface area (Å²) in [6.45, 7) is 4.16. The molecule has 1 N–H and O–H groups in total. The number of hydrogen-bond donors (Lipinski definition) is 1. The van der Waals surface area contributed by atoms with Crippen molar-refractivity contribution in [3.05, 3.63) is 0 Å². The fourth-order valence-corrected chi connectivity index (χ4v) is 2.74. The van der Waals surface area contributed by atoms with Crippen molar-refractivity contribution in [3.8, 4) is 0 Å². The van der Waals surface area contributed by atoms with Gasteiger partial charge in [0.1, 0.15) is 5.54 Å². The lowest BCUT2D eigenvalue weighted by atomic mass is 10.0. The van der Waals surface area contributed by atoms with Gasteiger partial charge in [0.25, 0.3) is 0 Å². The summed E-state index contributed by atoms with van der Waals surface area (Å²) >= 11 is 0. The number of carbonyl (C=O) groups excluding carboxylic acids is 1. The van der Waals surface area contributed by atoms with E-state index in [1.807, 2.05) is 0 Å². The molecule has 6 nitrogen and oxygen atoms in total. The van der Waals surface area contributed by atoms with E-state index in [1.54, 1.807) is 25.8 Å². The lowest BCUT2D eigenvalue weighted by Crippen LogP contribution is -2.60. The number of carboxylic acids is 1. The highest BCUT2D eigenvalue weighted by atomic mass is 16.5. The van der Waals surface area contributed by atoms with Crippen LogP contribution in [0.4, 0.5) is 4.79 Å². The Morgan fingerprint density at radius 3 is 2.68 bits per heavy atom. The average molecular weight is 270 g/mol. The van der Waals surface area contributed by atoms with E-state index in [2.05, 4.69) is 0 Å². The Hall–Kier alpha value is -1.30. The van der Waals surface area contributed by atoms with Gasteiger partial charge in [-0.25, -0.2) is 9.59 Å². The second-order valence-electron chi connectivity index (χ2n) is 5.81. The van der Waals surface area contributed by atoms with E-state index < -0.39 is 11.5 Å². The Morgan fingerprint density at radius 1 is 1.37 bits per heavy atom. The van der Waals surface area contributed by atoms with Crippen molar-refractivity contribution < 1.29 is 19.4 Å². The van der Waals surface area contributed by atoms with Crippen LogP contribution in [0, 0.1) is 0 Å². The van der Waals surface area contributed by atoms with Gasteiger partial charge in [-0.2, -0.15) is 0 Å². The molecule has 0 aromatic rings. The molecule has 1 aliphatic heterocycles. The van der Waals surface area contributed by atoms with Gasteiger partial charge < -0.3 is 19.6 Å². The van der Waals surface area contributed by atoms with Gasteiger partial charge in [0.05, 0.1) is 18.8 Å². The first-order chi connectivity index (χ1) is 8.85. The molecule has 0 aromatic carbocycles. The van der Waals surface area contributed by atoms with E-state index in [4.69, 9.17) is 4.74 Å². The quantitative estimate of drug-likeness (QED) is 0.817. The van der Waals surface area contributed by atoms with E-state index in [0.29, 0.717) is 13.2 Å². The molecule has 6 heteroatoms. The first-order valence-corrected chi connectivity index (χ1v) is 6.75. The highest BCUT2D eigenvalue weighted by Crippen LogP contribution is 2.31. The van der Waals surface area contributed by atoms with Crippen LogP contribution in [-0.4, -0.2) is 64.8 Å². The second kappa shape index (κ2) is 5.00. The molecule has 19 heavy (non-hydrogen) atoms. The van der Waals surface area contributed by atoms with E-state index in [0.717, 1.165) is 19.3 Å². The zero-order valence-corrected chi connectivity index (χ0v) is 11.8. The van der Waals surface area contributed by atoms with Gasteiger partial charge in [0, 0.05) is 13.6 Å². The molecule has 1 saturated carbocycles. The monoisotopic (exact) mass is 270 g/mol. The van der Waals surface area contributed by atoms with Crippen molar-refractivity contribution in [1.82, 2.24) is 9.80 Å². The van der Waals surface area contributed by atoms with Crippen molar-refractivity contribution in [3.63, 3.8) is 0 Å². The Balaban J connectivity index is 2.12. The van der Waals surface area contributed by atoms with Gasteiger partial charge in [0.2, 0.25) is 0 Å². The summed E-state index contributed by atoms with van der Waals surface area (Å²) in [5.41, 5.74) is -1.20. The molecule has 0 radical (unpaired) electrons. The molecule has 108 valence electrons. The van der Waals surface area contributed by atoms with Crippen LogP contribution in [0.2, 0.25) is 0 Å². The third kappa shape index (κ3) is 2.41. The molecular formula is C13H22N2O4. The molecule has 0 aromatic heterocycles. The number of rotatable bonds is 2. The zero-order valence-electron chi connectivity index (χ0n) is 11.8. The summed E-state index contributed by atoms with van der Waals surface area (Å²) in [5, 5.41) is 9.21. The first-order valence-electron chi connectivity index (χ1n) is 6.75. The maximum absolute atomic E-state index is 12.5. The molecular weight excluding hydrogens is 248 g/mol. The van der Waals surface area contributed by atoms with Gasteiger partial charge in [-0.05, 0) is 33.1 Å². The third-order valence-electron chi connectivity index (χ3n) is 4.38. The maximum atomic E-state index is 12.5. The summed E-state index contributed by atoms with van der Waals surface area (Å²) in [4.78, 5) is 26.9. The van der Waals surface area contributed by atoms with E-state index >= 15 is 0 Å². The van der Waals surface area contributed by atoms with Crippen LogP contribution < -0.4 is 0 Å². The molecule has 1 heterocycles. The predicted octanol–water partition coefficient (Wildman–Crippen LogP) is 1.15. The predicted molar refractivity (Wildman–Crippen MR) is 69.0 cm³/mol. The van der Waals surface area contributed by atoms with Crippen LogP contribution in [0.25, 0.3) is 0 Å². The van der Waals surface area contributed by atoms with Gasteiger partial charge >= 0.3 is 12.0 Å². The SMILES string of the molecule is CN(C(=O)N1CCOC2CCCC21)C(C)(C)C(=O)O. The highest BCUT2D eigenvalue weighted by molar-refractivity contribution is 5.85. The Kier molecular flexibility index (Phi) is 3.71. The van der Waals surface area contributed by atoms with Gasteiger partial charge in [-0.3, -0.25) is 0 Å². The number of carbonyl (C=O) groups is 2. The summed E-state index contributed by atoms with van der Waals surface area (Å²) in [5.74, 6) is -1.00. The van der Waals surface area contributed by atoms with Crippen molar-refractivity contribution in [2.75, 3.05) is 20.2 Å². The number of carboxylic acid groups (broad SMARTS) is 1. The topological polar surface area (TPSA) is 70.1 Å². The van der Waals surface area contributed by atoms with Crippen LogP contribution in [0.15, 0.2) is 0 Å². The standard InChI is InChI=1S/C13H22N2O4/c1-13(2,11(16)17)14(3)12(18)15-7-8-19-10-6-4-5-9(10)15/h9-10H,4-8H2,1-3H3,(H,16,17). The first kappa shape index (κ1) is 14.1. The van der Waals surface area contributed by atoms with Crippen LogP contribution >= 0.6 is 0 Å². The van der Waals surface area contributed by atoms with Crippen molar-refractivity contribution >= 4 is 12.0 Å². The molecule has 1 aliphatic carbocycles. The molecule has 2 fully saturated rings.